The molecule has 1 aliphatic heterocycles. The van der Waals surface area contributed by atoms with E-state index in [2.05, 4.69) is 45.1 Å². The summed E-state index contributed by atoms with van der Waals surface area (Å²) in [4.78, 5) is 9.31. The van der Waals surface area contributed by atoms with Crippen LogP contribution in [0.15, 0.2) is 4.47 Å². The third kappa shape index (κ3) is 3.01. The Kier molecular flexibility index (Phi) is 4.95. The standard InChI is InChI=1S/C13H20BrN3O/c1-3-6-15-13-11(14)10(4-2)16-12(17-13)9-5-7-18-8-9/h9H,3-8H2,1-2H3,(H,15,16,17). The zero-order valence-electron chi connectivity index (χ0n) is 11.0. The maximum Gasteiger partial charge on any atom is 0.144 e. The molecule has 1 N–H and O–H groups in total. The molecular formula is C13H20BrN3O. The Morgan fingerprint density at radius 1 is 1.39 bits per heavy atom. The van der Waals surface area contributed by atoms with Crippen molar-refractivity contribution in [3.8, 4) is 0 Å². The molecule has 0 amide bonds. The van der Waals surface area contributed by atoms with Gasteiger partial charge < -0.3 is 10.1 Å². The van der Waals surface area contributed by atoms with E-state index in [1.165, 1.54) is 0 Å². The average Bonchev–Trinajstić information content (AvgIpc) is 2.91. The van der Waals surface area contributed by atoms with Crippen LogP contribution in [0.4, 0.5) is 5.82 Å². The first-order chi connectivity index (χ1) is 8.76. The minimum Gasteiger partial charge on any atom is -0.381 e. The fourth-order valence-electron chi connectivity index (χ4n) is 2.03. The number of nitrogens with one attached hydrogen (secondary N) is 1. The van der Waals surface area contributed by atoms with Crippen LogP contribution in [0, 0.1) is 0 Å². The number of rotatable bonds is 5. The molecule has 2 rings (SSSR count). The lowest BCUT2D eigenvalue weighted by molar-refractivity contribution is 0.193. The number of hydrogen-bond donors (Lipinski definition) is 1. The normalized spacial score (nSPS) is 19.2. The molecular weight excluding hydrogens is 294 g/mol. The number of anilines is 1. The molecule has 0 radical (unpaired) electrons. The van der Waals surface area contributed by atoms with Crippen LogP contribution in [0.2, 0.25) is 0 Å². The van der Waals surface area contributed by atoms with Gasteiger partial charge in [-0.3, -0.25) is 0 Å². The van der Waals surface area contributed by atoms with Gasteiger partial charge in [-0.05, 0) is 35.2 Å². The van der Waals surface area contributed by atoms with Crippen molar-refractivity contribution in [1.29, 1.82) is 0 Å². The molecule has 1 fully saturated rings. The van der Waals surface area contributed by atoms with E-state index in [1.54, 1.807) is 0 Å². The smallest absolute Gasteiger partial charge is 0.144 e. The van der Waals surface area contributed by atoms with E-state index in [-0.39, 0.29) is 0 Å². The van der Waals surface area contributed by atoms with E-state index in [0.717, 1.165) is 60.8 Å². The molecule has 4 nitrogen and oxygen atoms in total. The fourth-order valence-corrected chi connectivity index (χ4v) is 2.63. The summed E-state index contributed by atoms with van der Waals surface area (Å²) in [5.74, 6) is 2.20. The van der Waals surface area contributed by atoms with E-state index in [4.69, 9.17) is 4.74 Å². The highest BCUT2D eigenvalue weighted by Gasteiger charge is 2.22. The van der Waals surface area contributed by atoms with Crippen molar-refractivity contribution in [2.75, 3.05) is 25.1 Å². The number of hydrogen-bond acceptors (Lipinski definition) is 4. The summed E-state index contributed by atoms with van der Waals surface area (Å²) in [7, 11) is 0. The van der Waals surface area contributed by atoms with Crippen molar-refractivity contribution in [2.45, 2.75) is 39.0 Å². The van der Waals surface area contributed by atoms with Gasteiger partial charge in [0.15, 0.2) is 0 Å². The molecule has 1 saturated heterocycles. The van der Waals surface area contributed by atoms with Gasteiger partial charge in [-0.25, -0.2) is 9.97 Å². The highest BCUT2D eigenvalue weighted by Crippen LogP contribution is 2.29. The third-order valence-electron chi connectivity index (χ3n) is 3.11. The number of aromatic nitrogens is 2. The van der Waals surface area contributed by atoms with Crippen LogP contribution in [0.1, 0.15) is 44.1 Å². The second-order valence-corrected chi connectivity index (χ2v) is 5.32. The minimum atomic E-state index is 0.352. The van der Waals surface area contributed by atoms with Crippen molar-refractivity contribution in [3.63, 3.8) is 0 Å². The van der Waals surface area contributed by atoms with E-state index < -0.39 is 0 Å². The zero-order valence-corrected chi connectivity index (χ0v) is 12.6. The average molecular weight is 314 g/mol. The highest BCUT2D eigenvalue weighted by molar-refractivity contribution is 9.10. The summed E-state index contributed by atoms with van der Waals surface area (Å²) in [5.41, 5.74) is 1.07. The summed E-state index contributed by atoms with van der Waals surface area (Å²) in [6, 6.07) is 0. The molecule has 0 aliphatic carbocycles. The number of nitrogens with zero attached hydrogens (tertiary/aromatic N) is 2. The first-order valence-corrected chi connectivity index (χ1v) is 7.43. The van der Waals surface area contributed by atoms with Gasteiger partial charge >= 0.3 is 0 Å². The van der Waals surface area contributed by atoms with E-state index in [9.17, 15) is 0 Å². The van der Waals surface area contributed by atoms with E-state index in [1.807, 2.05) is 0 Å². The van der Waals surface area contributed by atoms with Gasteiger partial charge in [-0.15, -0.1) is 0 Å². The Morgan fingerprint density at radius 2 is 2.22 bits per heavy atom. The Labute approximate surface area is 117 Å². The molecule has 5 heteroatoms. The van der Waals surface area contributed by atoms with Crippen molar-refractivity contribution in [1.82, 2.24) is 9.97 Å². The van der Waals surface area contributed by atoms with Crippen molar-refractivity contribution in [3.05, 3.63) is 16.0 Å². The molecule has 0 spiro atoms. The lowest BCUT2D eigenvalue weighted by Gasteiger charge is -2.14. The molecule has 2 heterocycles. The predicted molar refractivity (Wildman–Crippen MR) is 76.1 cm³/mol. The Balaban J connectivity index is 2.29. The highest BCUT2D eigenvalue weighted by atomic mass is 79.9. The topological polar surface area (TPSA) is 47.0 Å². The molecule has 100 valence electrons. The fraction of sp³-hybridized carbons (Fsp3) is 0.692. The molecule has 0 saturated carbocycles. The predicted octanol–water partition coefficient (Wildman–Crippen LogP) is 3.13. The zero-order chi connectivity index (χ0) is 13.0. The Hall–Kier alpha value is -0.680. The van der Waals surface area contributed by atoms with Crippen LogP contribution in [-0.2, 0) is 11.2 Å². The Bertz CT molecular complexity index is 405. The quantitative estimate of drug-likeness (QED) is 0.907. The van der Waals surface area contributed by atoms with Crippen molar-refractivity contribution >= 4 is 21.7 Å². The second kappa shape index (κ2) is 6.48. The number of halogens is 1. The van der Waals surface area contributed by atoms with Gasteiger partial charge in [0.05, 0.1) is 16.8 Å². The summed E-state index contributed by atoms with van der Waals surface area (Å²) < 4.78 is 6.43. The largest absolute Gasteiger partial charge is 0.381 e. The first-order valence-electron chi connectivity index (χ1n) is 6.64. The van der Waals surface area contributed by atoms with Gasteiger partial charge in [0, 0.05) is 19.1 Å². The van der Waals surface area contributed by atoms with Gasteiger partial charge in [0.25, 0.3) is 0 Å². The van der Waals surface area contributed by atoms with Crippen LogP contribution in [-0.4, -0.2) is 29.7 Å². The van der Waals surface area contributed by atoms with Gasteiger partial charge in [-0.1, -0.05) is 13.8 Å². The number of ether oxygens (including phenoxy) is 1. The molecule has 0 bridgehead atoms. The van der Waals surface area contributed by atoms with E-state index >= 15 is 0 Å². The van der Waals surface area contributed by atoms with Crippen LogP contribution in [0.25, 0.3) is 0 Å². The van der Waals surface area contributed by atoms with Crippen LogP contribution in [0.3, 0.4) is 0 Å². The van der Waals surface area contributed by atoms with Crippen LogP contribution in [0.5, 0.6) is 0 Å². The molecule has 1 aliphatic rings. The molecule has 1 aromatic heterocycles. The third-order valence-corrected chi connectivity index (χ3v) is 3.94. The molecule has 1 unspecified atom stereocenters. The van der Waals surface area contributed by atoms with Gasteiger partial charge in [-0.2, -0.15) is 0 Å². The van der Waals surface area contributed by atoms with Crippen molar-refractivity contribution in [2.24, 2.45) is 0 Å². The summed E-state index contributed by atoms with van der Waals surface area (Å²) in [6.45, 7) is 6.76. The van der Waals surface area contributed by atoms with Crippen LogP contribution < -0.4 is 5.32 Å². The van der Waals surface area contributed by atoms with E-state index in [0.29, 0.717) is 5.92 Å². The van der Waals surface area contributed by atoms with Crippen molar-refractivity contribution < 1.29 is 4.74 Å². The minimum absolute atomic E-state index is 0.352. The van der Waals surface area contributed by atoms with Gasteiger partial charge in [0.2, 0.25) is 0 Å². The molecule has 1 atom stereocenters. The number of aryl methyl sites for hydroxylation is 1. The lowest BCUT2D eigenvalue weighted by Crippen LogP contribution is -2.12. The summed E-state index contributed by atoms with van der Waals surface area (Å²) >= 11 is 3.60. The second-order valence-electron chi connectivity index (χ2n) is 4.53. The monoisotopic (exact) mass is 313 g/mol. The maximum atomic E-state index is 5.42. The summed E-state index contributed by atoms with van der Waals surface area (Å²) in [6.07, 6.45) is 3.02. The Morgan fingerprint density at radius 3 is 2.83 bits per heavy atom. The molecule has 0 aromatic carbocycles. The molecule has 1 aromatic rings. The van der Waals surface area contributed by atoms with Crippen LogP contribution >= 0.6 is 15.9 Å². The van der Waals surface area contributed by atoms with Gasteiger partial charge in [0.1, 0.15) is 11.6 Å². The summed E-state index contributed by atoms with van der Waals surface area (Å²) in [5, 5.41) is 3.36. The first kappa shape index (κ1) is 13.7. The molecule has 18 heavy (non-hydrogen) atoms. The maximum absolute atomic E-state index is 5.42. The SMILES string of the molecule is CCCNc1nc(C2CCOC2)nc(CC)c1Br. The lowest BCUT2D eigenvalue weighted by atomic mass is 10.1.